The SMILES string of the molecule is CC(NC(=O)c1noc(C2CCCN2)n1)C1CCC1. The molecule has 0 aromatic carbocycles. The molecule has 2 aliphatic rings. The van der Waals surface area contributed by atoms with Gasteiger partial charge in [-0.1, -0.05) is 11.6 Å². The molecule has 6 heteroatoms. The summed E-state index contributed by atoms with van der Waals surface area (Å²) in [7, 11) is 0. The average Bonchev–Trinajstić information content (AvgIpc) is 2.97. The van der Waals surface area contributed by atoms with Gasteiger partial charge >= 0.3 is 0 Å². The molecule has 6 nitrogen and oxygen atoms in total. The molecule has 1 saturated carbocycles. The smallest absolute Gasteiger partial charge is 0.292 e. The quantitative estimate of drug-likeness (QED) is 0.859. The molecule has 1 aliphatic heterocycles. The summed E-state index contributed by atoms with van der Waals surface area (Å²) in [6.07, 6.45) is 5.76. The van der Waals surface area contributed by atoms with Gasteiger partial charge in [0.05, 0.1) is 6.04 Å². The summed E-state index contributed by atoms with van der Waals surface area (Å²) in [4.78, 5) is 16.2. The second-order valence-electron chi connectivity index (χ2n) is 5.56. The van der Waals surface area contributed by atoms with Crippen LogP contribution >= 0.6 is 0 Å². The molecule has 2 atom stereocenters. The third kappa shape index (κ3) is 2.63. The zero-order chi connectivity index (χ0) is 13.2. The number of hydrogen-bond acceptors (Lipinski definition) is 5. The van der Waals surface area contributed by atoms with Crippen LogP contribution in [0, 0.1) is 5.92 Å². The van der Waals surface area contributed by atoms with Crippen LogP contribution in [-0.2, 0) is 0 Å². The summed E-state index contributed by atoms with van der Waals surface area (Å²) in [5, 5.41) is 10.0. The maximum atomic E-state index is 12.0. The van der Waals surface area contributed by atoms with Gasteiger partial charge in [-0.2, -0.15) is 4.98 Å². The lowest BCUT2D eigenvalue weighted by molar-refractivity contribution is 0.0895. The largest absolute Gasteiger partial charge is 0.346 e. The Bertz CT molecular complexity index is 449. The monoisotopic (exact) mass is 264 g/mol. The molecule has 2 unspecified atom stereocenters. The molecular weight excluding hydrogens is 244 g/mol. The maximum Gasteiger partial charge on any atom is 0.292 e. The second-order valence-corrected chi connectivity index (χ2v) is 5.56. The van der Waals surface area contributed by atoms with Crippen LogP contribution in [0.2, 0.25) is 0 Å². The van der Waals surface area contributed by atoms with Crippen molar-refractivity contribution >= 4 is 5.91 Å². The lowest BCUT2D eigenvalue weighted by atomic mass is 9.80. The van der Waals surface area contributed by atoms with Gasteiger partial charge in [-0.3, -0.25) is 4.79 Å². The zero-order valence-corrected chi connectivity index (χ0v) is 11.2. The van der Waals surface area contributed by atoms with Gasteiger partial charge in [-0.05, 0) is 45.1 Å². The van der Waals surface area contributed by atoms with Crippen LogP contribution < -0.4 is 10.6 Å². The van der Waals surface area contributed by atoms with Crippen molar-refractivity contribution in [3.05, 3.63) is 11.7 Å². The topological polar surface area (TPSA) is 80.0 Å². The van der Waals surface area contributed by atoms with E-state index in [4.69, 9.17) is 4.52 Å². The van der Waals surface area contributed by atoms with Crippen LogP contribution in [0.5, 0.6) is 0 Å². The number of aromatic nitrogens is 2. The van der Waals surface area contributed by atoms with Crippen molar-refractivity contribution < 1.29 is 9.32 Å². The van der Waals surface area contributed by atoms with Gasteiger partial charge in [0, 0.05) is 6.04 Å². The van der Waals surface area contributed by atoms with Crippen LogP contribution in [-0.4, -0.2) is 28.6 Å². The minimum Gasteiger partial charge on any atom is -0.346 e. The van der Waals surface area contributed by atoms with Gasteiger partial charge in [0.25, 0.3) is 11.7 Å². The Balaban J connectivity index is 1.59. The van der Waals surface area contributed by atoms with Crippen molar-refractivity contribution in [3.63, 3.8) is 0 Å². The number of carbonyl (C=O) groups excluding carboxylic acids is 1. The molecule has 104 valence electrons. The van der Waals surface area contributed by atoms with Crippen LogP contribution in [0.15, 0.2) is 4.52 Å². The predicted molar refractivity (Wildman–Crippen MR) is 68.5 cm³/mol. The normalized spacial score (nSPS) is 25.0. The number of nitrogens with one attached hydrogen (secondary N) is 2. The number of rotatable bonds is 4. The first-order chi connectivity index (χ1) is 9.24. The first kappa shape index (κ1) is 12.6. The third-order valence-electron chi connectivity index (χ3n) is 4.22. The summed E-state index contributed by atoms with van der Waals surface area (Å²) < 4.78 is 5.17. The summed E-state index contributed by atoms with van der Waals surface area (Å²) >= 11 is 0. The standard InChI is InChI=1S/C13H20N4O2/c1-8(9-4-2-5-9)15-12(18)11-16-13(19-17-11)10-6-3-7-14-10/h8-10,14H,2-7H2,1H3,(H,15,18). The van der Waals surface area contributed by atoms with Gasteiger partial charge in [0.1, 0.15) is 0 Å². The molecule has 1 aromatic rings. The van der Waals surface area contributed by atoms with E-state index in [1.807, 2.05) is 6.92 Å². The fraction of sp³-hybridized carbons (Fsp3) is 0.769. The molecule has 1 aliphatic carbocycles. The molecule has 2 N–H and O–H groups in total. The lowest BCUT2D eigenvalue weighted by Gasteiger charge is -2.31. The molecule has 0 bridgehead atoms. The highest BCUT2D eigenvalue weighted by Gasteiger charge is 2.28. The van der Waals surface area contributed by atoms with E-state index in [2.05, 4.69) is 20.8 Å². The third-order valence-corrected chi connectivity index (χ3v) is 4.22. The van der Waals surface area contributed by atoms with Crippen molar-refractivity contribution in [2.45, 2.75) is 51.1 Å². The highest BCUT2D eigenvalue weighted by atomic mass is 16.5. The van der Waals surface area contributed by atoms with E-state index < -0.39 is 0 Å². The van der Waals surface area contributed by atoms with Crippen LogP contribution in [0.3, 0.4) is 0 Å². The first-order valence-electron chi connectivity index (χ1n) is 7.12. The Morgan fingerprint density at radius 1 is 1.42 bits per heavy atom. The van der Waals surface area contributed by atoms with Crippen LogP contribution in [0.4, 0.5) is 0 Å². The Morgan fingerprint density at radius 2 is 2.26 bits per heavy atom. The Labute approximate surface area is 112 Å². The van der Waals surface area contributed by atoms with Crippen LogP contribution in [0.1, 0.15) is 61.6 Å². The fourth-order valence-electron chi connectivity index (χ4n) is 2.69. The van der Waals surface area contributed by atoms with Gasteiger partial charge < -0.3 is 15.2 Å². The van der Waals surface area contributed by atoms with Gasteiger partial charge in [-0.15, -0.1) is 0 Å². The zero-order valence-electron chi connectivity index (χ0n) is 11.2. The second kappa shape index (κ2) is 5.28. The highest BCUT2D eigenvalue weighted by molar-refractivity contribution is 5.90. The number of hydrogen-bond donors (Lipinski definition) is 2. The Morgan fingerprint density at radius 3 is 2.89 bits per heavy atom. The van der Waals surface area contributed by atoms with E-state index in [1.54, 1.807) is 0 Å². The van der Waals surface area contributed by atoms with Crippen molar-refractivity contribution in [1.82, 2.24) is 20.8 Å². The molecule has 0 spiro atoms. The first-order valence-corrected chi connectivity index (χ1v) is 7.12. The maximum absolute atomic E-state index is 12.0. The van der Waals surface area contributed by atoms with Crippen molar-refractivity contribution in [1.29, 1.82) is 0 Å². The Hall–Kier alpha value is -1.43. The van der Waals surface area contributed by atoms with Gasteiger partial charge in [0.15, 0.2) is 0 Å². The minimum atomic E-state index is -0.229. The van der Waals surface area contributed by atoms with E-state index >= 15 is 0 Å². The van der Waals surface area contributed by atoms with E-state index in [1.165, 1.54) is 19.3 Å². The molecule has 1 amide bonds. The Kier molecular flexibility index (Phi) is 3.50. The van der Waals surface area contributed by atoms with E-state index in [9.17, 15) is 4.79 Å². The van der Waals surface area contributed by atoms with Crippen molar-refractivity contribution in [3.8, 4) is 0 Å². The molecule has 19 heavy (non-hydrogen) atoms. The molecular formula is C13H20N4O2. The molecule has 1 saturated heterocycles. The minimum absolute atomic E-state index is 0.109. The van der Waals surface area contributed by atoms with E-state index in [-0.39, 0.29) is 23.8 Å². The van der Waals surface area contributed by atoms with E-state index in [0.29, 0.717) is 11.8 Å². The molecule has 2 heterocycles. The number of amides is 1. The molecule has 0 radical (unpaired) electrons. The highest BCUT2D eigenvalue weighted by Crippen LogP contribution is 2.29. The van der Waals surface area contributed by atoms with Crippen molar-refractivity contribution in [2.75, 3.05) is 6.54 Å². The molecule has 2 fully saturated rings. The average molecular weight is 264 g/mol. The summed E-state index contributed by atoms with van der Waals surface area (Å²) in [6.45, 7) is 3.01. The summed E-state index contributed by atoms with van der Waals surface area (Å²) in [5.41, 5.74) is 0. The van der Waals surface area contributed by atoms with Gasteiger partial charge in [0.2, 0.25) is 5.89 Å². The number of nitrogens with zero attached hydrogens (tertiary/aromatic N) is 2. The molecule has 3 rings (SSSR count). The predicted octanol–water partition coefficient (Wildman–Crippen LogP) is 1.41. The van der Waals surface area contributed by atoms with E-state index in [0.717, 1.165) is 19.4 Å². The summed E-state index contributed by atoms with van der Waals surface area (Å²) in [6, 6.07) is 0.297. The van der Waals surface area contributed by atoms with Gasteiger partial charge in [-0.25, -0.2) is 0 Å². The van der Waals surface area contributed by atoms with Crippen LogP contribution in [0.25, 0.3) is 0 Å². The number of carbonyl (C=O) groups is 1. The fourth-order valence-corrected chi connectivity index (χ4v) is 2.69. The van der Waals surface area contributed by atoms with Crippen molar-refractivity contribution in [2.24, 2.45) is 5.92 Å². The molecule has 1 aromatic heterocycles. The summed E-state index contributed by atoms with van der Waals surface area (Å²) in [5.74, 6) is 1.05. The lowest BCUT2D eigenvalue weighted by Crippen LogP contribution is -2.41.